The maximum Gasteiger partial charge on any atom is 0.338 e. The van der Waals surface area contributed by atoms with Crippen LogP contribution in [0.3, 0.4) is 0 Å². The van der Waals surface area contributed by atoms with Crippen molar-refractivity contribution in [3.05, 3.63) is 84.8 Å². The van der Waals surface area contributed by atoms with Gasteiger partial charge < -0.3 is 14.2 Å². The van der Waals surface area contributed by atoms with Gasteiger partial charge in [0, 0.05) is 18.0 Å². The normalized spacial score (nSPS) is 15.6. The Morgan fingerprint density at radius 1 is 1.24 bits per heavy atom. The summed E-state index contributed by atoms with van der Waals surface area (Å²) in [6, 6.07) is 8.15. The predicted molar refractivity (Wildman–Crippen MR) is 124 cm³/mol. The highest BCUT2D eigenvalue weighted by Gasteiger charge is 2.35. The summed E-state index contributed by atoms with van der Waals surface area (Å²) in [5, 5.41) is 0. The first kappa shape index (κ1) is 22.5. The minimum Gasteiger partial charge on any atom is -0.497 e. The fourth-order valence-electron chi connectivity index (χ4n) is 3.75. The first-order valence-corrected chi connectivity index (χ1v) is 11.1. The van der Waals surface area contributed by atoms with Gasteiger partial charge in [-0.3, -0.25) is 14.3 Å². The van der Waals surface area contributed by atoms with Crippen molar-refractivity contribution in [1.29, 1.82) is 0 Å². The molecule has 3 heterocycles. The molecule has 1 atom stereocenters. The summed E-state index contributed by atoms with van der Waals surface area (Å²) < 4.78 is 18.3. The van der Waals surface area contributed by atoms with Gasteiger partial charge in [-0.25, -0.2) is 9.79 Å². The number of carbonyl (C=O) groups excluding carboxylic acids is 1. The number of nitrogens with zero attached hydrogens (tertiary/aromatic N) is 3. The molecule has 1 aliphatic rings. The number of benzene rings is 1. The Labute approximate surface area is 194 Å². The van der Waals surface area contributed by atoms with E-state index in [9.17, 15) is 9.59 Å². The highest BCUT2D eigenvalue weighted by Crippen LogP contribution is 2.37. The first-order valence-electron chi connectivity index (χ1n) is 10.3. The van der Waals surface area contributed by atoms with Gasteiger partial charge in [-0.15, -0.1) is 0 Å². The molecule has 8 nitrogen and oxygen atoms in total. The van der Waals surface area contributed by atoms with E-state index < -0.39 is 12.0 Å². The van der Waals surface area contributed by atoms with E-state index in [2.05, 4.69) is 9.98 Å². The summed E-state index contributed by atoms with van der Waals surface area (Å²) in [6.07, 6.45) is 5.11. The van der Waals surface area contributed by atoms with Crippen molar-refractivity contribution in [2.75, 3.05) is 20.8 Å². The van der Waals surface area contributed by atoms with Crippen molar-refractivity contribution in [3.63, 3.8) is 0 Å². The number of methoxy groups -OCH3 is 2. The van der Waals surface area contributed by atoms with E-state index in [4.69, 9.17) is 14.2 Å². The van der Waals surface area contributed by atoms with E-state index in [0.717, 1.165) is 5.56 Å². The van der Waals surface area contributed by atoms with E-state index in [1.165, 1.54) is 23.0 Å². The number of aromatic nitrogens is 2. The van der Waals surface area contributed by atoms with Crippen LogP contribution in [0, 0.1) is 0 Å². The van der Waals surface area contributed by atoms with Gasteiger partial charge in [0.25, 0.3) is 5.56 Å². The Morgan fingerprint density at radius 2 is 2.06 bits per heavy atom. The van der Waals surface area contributed by atoms with Crippen LogP contribution in [0.25, 0.3) is 6.08 Å². The van der Waals surface area contributed by atoms with Crippen molar-refractivity contribution in [2.45, 2.75) is 19.9 Å². The molecule has 33 heavy (non-hydrogen) atoms. The smallest absolute Gasteiger partial charge is 0.338 e. The molecular weight excluding hydrogens is 442 g/mol. The van der Waals surface area contributed by atoms with Gasteiger partial charge in [-0.1, -0.05) is 17.4 Å². The molecule has 9 heteroatoms. The number of pyridine rings is 1. The number of hydrogen-bond donors (Lipinski definition) is 0. The quantitative estimate of drug-likeness (QED) is 0.519. The number of carbonyl (C=O) groups is 1. The molecule has 0 aliphatic carbocycles. The number of esters is 1. The SMILES string of the molecule is CCOC(=O)C1=C(C)N=c2s/c(=C\c3cccnc3)c(=O)n2[C@@H]1c1cc(OC)ccc1OC. The van der Waals surface area contributed by atoms with Crippen molar-refractivity contribution < 1.29 is 19.0 Å². The molecule has 0 bridgehead atoms. The van der Waals surface area contributed by atoms with Gasteiger partial charge in [0.15, 0.2) is 4.80 Å². The second-order valence-electron chi connectivity index (χ2n) is 7.20. The fourth-order valence-corrected chi connectivity index (χ4v) is 4.80. The Bertz CT molecular complexity index is 1410. The van der Waals surface area contributed by atoms with Crippen LogP contribution >= 0.6 is 11.3 Å². The first-order chi connectivity index (χ1) is 16.0. The van der Waals surface area contributed by atoms with Gasteiger partial charge in [-0.05, 0) is 49.8 Å². The zero-order chi connectivity index (χ0) is 23.5. The van der Waals surface area contributed by atoms with Crippen LogP contribution in [0.5, 0.6) is 11.5 Å². The van der Waals surface area contributed by atoms with E-state index in [0.29, 0.717) is 32.1 Å². The molecule has 1 aromatic carbocycles. The predicted octanol–water partition coefficient (Wildman–Crippen LogP) is 2.21. The lowest BCUT2D eigenvalue weighted by Gasteiger charge is -2.26. The van der Waals surface area contributed by atoms with Crippen LogP contribution in [0.1, 0.15) is 31.0 Å². The van der Waals surface area contributed by atoms with Crippen LogP contribution in [0.2, 0.25) is 0 Å². The summed E-state index contributed by atoms with van der Waals surface area (Å²) in [6.45, 7) is 3.67. The molecule has 0 fully saturated rings. The molecule has 0 unspecified atom stereocenters. The van der Waals surface area contributed by atoms with Crippen molar-refractivity contribution in [2.24, 2.45) is 4.99 Å². The third-order valence-electron chi connectivity index (χ3n) is 5.23. The largest absolute Gasteiger partial charge is 0.497 e. The van der Waals surface area contributed by atoms with Crippen molar-refractivity contribution >= 4 is 23.4 Å². The van der Waals surface area contributed by atoms with Crippen molar-refractivity contribution in [1.82, 2.24) is 9.55 Å². The summed E-state index contributed by atoms with van der Waals surface area (Å²) in [7, 11) is 3.09. The average molecular weight is 466 g/mol. The van der Waals surface area contributed by atoms with Crippen LogP contribution in [0.4, 0.5) is 0 Å². The highest BCUT2D eigenvalue weighted by atomic mass is 32.1. The summed E-state index contributed by atoms with van der Waals surface area (Å²) in [4.78, 5) is 35.8. The van der Waals surface area contributed by atoms with Crippen LogP contribution < -0.4 is 24.4 Å². The van der Waals surface area contributed by atoms with Gasteiger partial charge in [0.1, 0.15) is 17.5 Å². The maximum atomic E-state index is 13.6. The summed E-state index contributed by atoms with van der Waals surface area (Å²) >= 11 is 1.25. The molecule has 1 aliphatic heterocycles. The van der Waals surface area contributed by atoms with Crippen LogP contribution in [0.15, 0.2) is 63.8 Å². The lowest BCUT2D eigenvalue weighted by molar-refractivity contribution is -0.139. The molecule has 0 saturated heterocycles. The Morgan fingerprint density at radius 3 is 2.73 bits per heavy atom. The molecule has 3 aromatic rings. The zero-order valence-corrected chi connectivity index (χ0v) is 19.5. The minimum atomic E-state index is -0.790. The monoisotopic (exact) mass is 465 g/mol. The van der Waals surface area contributed by atoms with E-state index >= 15 is 0 Å². The van der Waals surface area contributed by atoms with Crippen LogP contribution in [-0.2, 0) is 9.53 Å². The Hall–Kier alpha value is -3.72. The topological polar surface area (TPSA) is 92.0 Å². The number of allylic oxidation sites excluding steroid dienone is 1. The Balaban J connectivity index is 2.02. The second-order valence-corrected chi connectivity index (χ2v) is 8.21. The number of hydrogen-bond acceptors (Lipinski definition) is 8. The molecule has 170 valence electrons. The van der Waals surface area contributed by atoms with Gasteiger partial charge in [-0.2, -0.15) is 0 Å². The number of ether oxygens (including phenoxy) is 3. The van der Waals surface area contributed by atoms with E-state index in [-0.39, 0.29) is 17.7 Å². The van der Waals surface area contributed by atoms with Crippen LogP contribution in [-0.4, -0.2) is 36.3 Å². The van der Waals surface area contributed by atoms with E-state index in [1.54, 1.807) is 63.7 Å². The molecule has 0 radical (unpaired) electrons. The lowest BCUT2D eigenvalue weighted by atomic mass is 9.94. The number of thiazole rings is 1. The second kappa shape index (κ2) is 9.41. The van der Waals surface area contributed by atoms with Gasteiger partial charge in [0.05, 0.1) is 36.6 Å². The molecule has 4 rings (SSSR count). The lowest BCUT2D eigenvalue weighted by Crippen LogP contribution is -2.40. The van der Waals surface area contributed by atoms with Gasteiger partial charge >= 0.3 is 5.97 Å². The fraction of sp³-hybridized carbons (Fsp3) is 0.250. The number of rotatable bonds is 6. The third-order valence-corrected chi connectivity index (χ3v) is 6.21. The third kappa shape index (κ3) is 4.19. The molecule has 0 saturated carbocycles. The molecule has 2 aromatic heterocycles. The average Bonchev–Trinajstić information content (AvgIpc) is 3.12. The van der Waals surface area contributed by atoms with Gasteiger partial charge in [0.2, 0.25) is 0 Å². The van der Waals surface area contributed by atoms with Crippen molar-refractivity contribution in [3.8, 4) is 11.5 Å². The molecule has 0 amide bonds. The maximum absolute atomic E-state index is 13.6. The molecule has 0 spiro atoms. The summed E-state index contributed by atoms with van der Waals surface area (Å²) in [5.41, 5.74) is 1.89. The highest BCUT2D eigenvalue weighted by molar-refractivity contribution is 7.07. The zero-order valence-electron chi connectivity index (χ0n) is 18.7. The molecule has 0 N–H and O–H groups in total. The van der Waals surface area contributed by atoms with E-state index in [1.807, 2.05) is 6.07 Å². The summed E-state index contributed by atoms with van der Waals surface area (Å²) in [5.74, 6) is 0.551. The molecular formula is C24H23N3O5S. The standard InChI is InChI=1S/C24H23N3O5S/c1-5-32-23(29)20-14(2)26-24-27(21(20)17-12-16(30-3)8-9-18(17)31-4)22(28)19(33-24)11-15-7-6-10-25-13-15/h6-13,21H,5H2,1-4H3/b19-11-/t21-/m1/s1. The Kier molecular flexibility index (Phi) is 6.41. The minimum absolute atomic E-state index is 0.197. The number of fused-ring (bicyclic) bond motifs is 1.